The van der Waals surface area contributed by atoms with E-state index < -0.39 is 5.97 Å². The number of nitrogens with one attached hydrogen (secondary N) is 1. The summed E-state index contributed by atoms with van der Waals surface area (Å²) in [6.07, 6.45) is 0. The van der Waals surface area contributed by atoms with Crippen molar-refractivity contribution in [3.63, 3.8) is 0 Å². The molecule has 7 nitrogen and oxygen atoms in total. The lowest BCUT2D eigenvalue weighted by atomic mass is 10.3. The Balaban J connectivity index is 1.63. The quantitative estimate of drug-likeness (QED) is 0.514. The van der Waals surface area contributed by atoms with Gasteiger partial charge in [0, 0.05) is 7.05 Å². The van der Waals surface area contributed by atoms with Crippen LogP contribution in [0.15, 0.2) is 29.4 Å². The molecule has 1 N–H and O–H groups in total. The Hall–Kier alpha value is -2.39. The Kier molecular flexibility index (Phi) is 5.58. The first kappa shape index (κ1) is 18.4. The highest BCUT2D eigenvalue weighted by Crippen LogP contribution is 2.25. The van der Waals surface area contributed by atoms with Crippen molar-refractivity contribution in [1.82, 2.24) is 14.5 Å². The Morgan fingerprint density at radius 2 is 2.08 bits per heavy atom. The van der Waals surface area contributed by atoms with Crippen LogP contribution in [0.3, 0.4) is 0 Å². The van der Waals surface area contributed by atoms with Gasteiger partial charge in [0.2, 0.25) is 5.91 Å². The van der Waals surface area contributed by atoms with Crippen molar-refractivity contribution in [1.29, 1.82) is 0 Å². The number of imidazole rings is 1. The fraction of sp³-hybridized carbons (Fsp3) is 0.294. The summed E-state index contributed by atoms with van der Waals surface area (Å²) < 4.78 is 6.94. The fourth-order valence-electron chi connectivity index (χ4n) is 2.37. The molecule has 0 bridgehead atoms. The smallest absolute Gasteiger partial charge is 0.350 e. The first-order chi connectivity index (χ1) is 12.5. The molecule has 0 saturated heterocycles. The molecule has 26 heavy (non-hydrogen) atoms. The van der Waals surface area contributed by atoms with Crippen molar-refractivity contribution in [3.8, 4) is 0 Å². The maximum absolute atomic E-state index is 12.2. The average molecular weight is 390 g/mol. The van der Waals surface area contributed by atoms with Gasteiger partial charge in [-0.05, 0) is 26.0 Å². The number of ether oxygens (including phenoxy) is 1. The lowest BCUT2D eigenvalue weighted by molar-refractivity contribution is -0.113. The van der Waals surface area contributed by atoms with Gasteiger partial charge in [0.25, 0.3) is 0 Å². The van der Waals surface area contributed by atoms with Crippen LogP contribution in [0.1, 0.15) is 22.3 Å². The molecule has 0 unspecified atom stereocenters. The third-order valence-corrected chi connectivity index (χ3v) is 5.67. The lowest BCUT2D eigenvalue weighted by Gasteiger charge is -2.02. The van der Waals surface area contributed by atoms with Crippen molar-refractivity contribution >= 4 is 51.1 Å². The number of carbonyl (C=O) groups excluding carboxylic acids is 2. The van der Waals surface area contributed by atoms with Gasteiger partial charge in [-0.15, -0.1) is 0 Å². The highest BCUT2D eigenvalue weighted by Gasteiger charge is 2.18. The van der Waals surface area contributed by atoms with Crippen LogP contribution in [-0.2, 0) is 16.6 Å². The molecule has 3 aromatic rings. The zero-order valence-electron chi connectivity index (χ0n) is 14.6. The number of rotatable bonds is 6. The van der Waals surface area contributed by atoms with Gasteiger partial charge in [-0.1, -0.05) is 35.2 Å². The number of nitrogens with zero attached hydrogens (tertiary/aromatic N) is 3. The molecule has 9 heteroatoms. The van der Waals surface area contributed by atoms with Crippen LogP contribution in [0.25, 0.3) is 11.0 Å². The van der Waals surface area contributed by atoms with Crippen LogP contribution in [-0.4, -0.2) is 38.8 Å². The van der Waals surface area contributed by atoms with E-state index >= 15 is 0 Å². The number of hydrogen-bond donors (Lipinski definition) is 1. The first-order valence-corrected chi connectivity index (χ1v) is 9.78. The number of benzene rings is 1. The van der Waals surface area contributed by atoms with Gasteiger partial charge in [-0.25, -0.2) is 14.8 Å². The largest absolute Gasteiger partial charge is 0.462 e. The van der Waals surface area contributed by atoms with E-state index in [0.29, 0.717) is 22.3 Å². The minimum atomic E-state index is -0.419. The van der Waals surface area contributed by atoms with Crippen LogP contribution >= 0.6 is 23.1 Å². The van der Waals surface area contributed by atoms with Crippen molar-refractivity contribution in [3.05, 3.63) is 34.8 Å². The van der Waals surface area contributed by atoms with Crippen LogP contribution < -0.4 is 5.32 Å². The van der Waals surface area contributed by atoms with E-state index in [-0.39, 0.29) is 11.7 Å². The van der Waals surface area contributed by atoms with Crippen molar-refractivity contribution in [2.75, 3.05) is 17.7 Å². The average Bonchev–Trinajstić information content (AvgIpc) is 3.13. The molecule has 1 aromatic carbocycles. The molecule has 2 heterocycles. The van der Waals surface area contributed by atoms with Crippen molar-refractivity contribution in [2.24, 2.45) is 7.05 Å². The predicted molar refractivity (Wildman–Crippen MR) is 103 cm³/mol. The summed E-state index contributed by atoms with van der Waals surface area (Å²) in [5, 5.41) is 3.88. The van der Waals surface area contributed by atoms with E-state index in [1.807, 2.05) is 35.9 Å². The number of para-hydroxylation sites is 2. The van der Waals surface area contributed by atoms with Gasteiger partial charge in [-0.2, -0.15) is 0 Å². The van der Waals surface area contributed by atoms with Crippen LogP contribution in [0.4, 0.5) is 5.13 Å². The third kappa shape index (κ3) is 3.88. The van der Waals surface area contributed by atoms with Gasteiger partial charge in [0.15, 0.2) is 10.3 Å². The maximum atomic E-state index is 12.2. The number of thioether (sulfide) groups is 1. The molecule has 136 valence electrons. The number of carbonyl (C=O) groups is 2. The number of aryl methyl sites for hydroxylation is 2. The highest BCUT2D eigenvalue weighted by molar-refractivity contribution is 7.99. The molecule has 0 atom stereocenters. The molecule has 0 aliphatic rings. The molecule has 1 amide bonds. The van der Waals surface area contributed by atoms with Crippen molar-refractivity contribution < 1.29 is 14.3 Å². The standard InChI is InChI=1S/C17H18N4O3S2/c1-4-24-15(23)14-10(2)18-16(26-14)20-13(22)9-25-17-19-11-7-5-6-8-12(11)21(17)3/h5-8H,4,9H2,1-3H3,(H,18,20,22). The highest BCUT2D eigenvalue weighted by atomic mass is 32.2. The summed E-state index contributed by atoms with van der Waals surface area (Å²) in [5.41, 5.74) is 2.46. The normalized spacial score (nSPS) is 10.9. The van der Waals surface area contributed by atoms with E-state index in [9.17, 15) is 9.59 Å². The second kappa shape index (κ2) is 7.88. The summed E-state index contributed by atoms with van der Waals surface area (Å²) in [6, 6.07) is 7.82. The molecule has 0 radical (unpaired) electrons. The first-order valence-electron chi connectivity index (χ1n) is 7.98. The van der Waals surface area contributed by atoms with Crippen LogP contribution in [0, 0.1) is 6.92 Å². The molecular formula is C17H18N4O3S2. The Bertz CT molecular complexity index is 964. The molecule has 0 fully saturated rings. The number of fused-ring (bicyclic) bond motifs is 1. The van der Waals surface area contributed by atoms with Gasteiger partial charge >= 0.3 is 5.97 Å². The van der Waals surface area contributed by atoms with Crippen LogP contribution in [0.2, 0.25) is 0 Å². The van der Waals surface area contributed by atoms with E-state index in [4.69, 9.17) is 4.74 Å². The summed E-state index contributed by atoms with van der Waals surface area (Å²) in [4.78, 5) is 33.2. The number of hydrogen-bond acceptors (Lipinski definition) is 7. The Morgan fingerprint density at radius 3 is 2.81 bits per heavy atom. The minimum Gasteiger partial charge on any atom is -0.462 e. The molecule has 2 aromatic heterocycles. The lowest BCUT2D eigenvalue weighted by Crippen LogP contribution is -2.14. The fourth-order valence-corrected chi connectivity index (χ4v) is 4.04. The SMILES string of the molecule is CCOC(=O)c1sc(NC(=O)CSc2nc3ccccc3n2C)nc1C. The zero-order chi connectivity index (χ0) is 18.7. The third-order valence-electron chi connectivity index (χ3n) is 3.58. The second-order valence-electron chi connectivity index (χ2n) is 5.43. The van der Waals surface area contributed by atoms with Gasteiger partial charge in [0.1, 0.15) is 4.88 Å². The molecule has 0 aliphatic carbocycles. The molecule has 0 aliphatic heterocycles. The van der Waals surface area contributed by atoms with Gasteiger partial charge in [0.05, 0.1) is 29.1 Å². The Morgan fingerprint density at radius 1 is 1.31 bits per heavy atom. The number of esters is 1. The number of amides is 1. The minimum absolute atomic E-state index is 0.199. The summed E-state index contributed by atoms with van der Waals surface area (Å²) in [7, 11) is 1.92. The molecule has 3 rings (SSSR count). The van der Waals surface area contributed by atoms with E-state index in [2.05, 4.69) is 15.3 Å². The predicted octanol–water partition coefficient (Wildman–Crippen LogP) is 3.25. The van der Waals surface area contributed by atoms with E-state index in [1.165, 1.54) is 11.8 Å². The van der Waals surface area contributed by atoms with Gasteiger partial charge < -0.3 is 14.6 Å². The number of anilines is 1. The summed E-state index contributed by atoms with van der Waals surface area (Å²) in [6.45, 7) is 3.76. The monoisotopic (exact) mass is 390 g/mol. The van der Waals surface area contributed by atoms with E-state index in [1.54, 1.807) is 13.8 Å². The zero-order valence-corrected chi connectivity index (χ0v) is 16.2. The number of thiazole rings is 1. The van der Waals surface area contributed by atoms with Crippen molar-refractivity contribution in [2.45, 2.75) is 19.0 Å². The molecular weight excluding hydrogens is 372 g/mol. The van der Waals surface area contributed by atoms with Gasteiger partial charge in [-0.3, -0.25) is 4.79 Å². The maximum Gasteiger partial charge on any atom is 0.350 e. The molecule has 0 saturated carbocycles. The second-order valence-corrected chi connectivity index (χ2v) is 7.37. The number of aromatic nitrogens is 3. The van der Waals surface area contributed by atoms with Crippen LogP contribution in [0.5, 0.6) is 0 Å². The molecule has 0 spiro atoms. The Labute approximate surface area is 158 Å². The van der Waals surface area contributed by atoms with E-state index in [0.717, 1.165) is 27.5 Å². The summed E-state index contributed by atoms with van der Waals surface area (Å²) >= 11 is 2.47. The topological polar surface area (TPSA) is 86.1 Å². The summed E-state index contributed by atoms with van der Waals surface area (Å²) in [5.74, 6) is -0.423.